The minimum Gasteiger partial charge on any atom is -0.351 e. The second-order valence-electron chi connectivity index (χ2n) is 12.7. The van der Waals surface area contributed by atoms with Gasteiger partial charge in [0.2, 0.25) is 0 Å². The Morgan fingerprint density at radius 1 is 0.750 bits per heavy atom. The van der Waals surface area contributed by atoms with Crippen LogP contribution in [0.3, 0.4) is 0 Å². The highest BCUT2D eigenvalue weighted by Crippen LogP contribution is 2.36. The zero-order valence-corrected chi connectivity index (χ0v) is 34.0. The Morgan fingerprint density at radius 3 is 1.70 bits per heavy atom. The third kappa shape index (κ3) is 11.3. The van der Waals surface area contributed by atoms with E-state index in [9.17, 15) is 40.0 Å². The number of amides is 2. The number of thioether (sulfide) groups is 1. The summed E-state index contributed by atoms with van der Waals surface area (Å²) in [6.45, 7) is 0.640. The van der Waals surface area contributed by atoms with Crippen molar-refractivity contribution in [3.63, 3.8) is 0 Å². The van der Waals surface area contributed by atoms with Crippen molar-refractivity contribution in [3.05, 3.63) is 103 Å². The van der Waals surface area contributed by atoms with E-state index >= 15 is 0 Å². The van der Waals surface area contributed by atoms with Gasteiger partial charge in [-0.3, -0.25) is 19.3 Å². The van der Waals surface area contributed by atoms with Crippen molar-refractivity contribution in [2.24, 2.45) is 11.8 Å². The molecule has 2 aliphatic carbocycles. The summed E-state index contributed by atoms with van der Waals surface area (Å²) in [5, 5.41) is 5.34. The van der Waals surface area contributed by atoms with Gasteiger partial charge in [0.1, 0.15) is 0 Å². The summed E-state index contributed by atoms with van der Waals surface area (Å²) in [7, 11) is -3.50. The van der Waals surface area contributed by atoms with Crippen molar-refractivity contribution in [3.8, 4) is 0 Å². The first-order chi connectivity index (χ1) is 26.5. The van der Waals surface area contributed by atoms with Crippen LogP contribution in [0.4, 0.5) is 44.7 Å². The number of carbonyl (C=O) groups is 2. The maximum atomic E-state index is 14.6. The molecule has 2 fully saturated rings. The molecule has 0 saturated heterocycles. The molecule has 2 aliphatic rings. The Balaban J connectivity index is 0.000000215. The van der Waals surface area contributed by atoms with Crippen molar-refractivity contribution in [1.82, 2.24) is 11.0 Å². The maximum absolute atomic E-state index is 14.6. The predicted octanol–water partition coefficient (Wildman–Crippen LogP) is 9.89. The largest absolute Gasteiger partial charge is 0.351 e. The van der Waals surface area contributed by atoms with E-state index in [1.807, 2.05) is 6.26 Å². The van der Waals surface area contributed by atoms with E-state index in [1.165, 1.54) is 30.0 Å². The number of nitrogens with one attached hydrogen (secondary N) is 4. The minimum atomic E-state index is -3.50. The first kappa shape index (κ1) is 43.5. The van der Waals surface area contributed by atoms with Crippen LogP contribution < -0.4 is 21.6 Å². The Labute approximate surface area is 341 Å². The average Bonchev–Trinajstić information content (AvgIpc) is 4.10. The zero-order valence-electron chi connectivity index (χ0n) is 29.3. The van der Waals surface area contributed by atoms with Gasteiger partial charge in [-0.05, 0) is 108 Å². The number of sulfone groups is 1. The van der Waals surface area contributed by atoms with Crippen LogP contribution in [0.5, 0.6) is 0 Å². The lowest BCUT2D eigenvalue weighted by Gasteiger charge is -2.16. The Hall–Kier alpha value is -3.65. The summed E-state index contributed by atoms with van der Waals surface area (Å²) in [5.41, 5.74) is 3.02. The topological polar surface area (TPSA) is 135 Å². The average molecular weight is 927 g/mol. The minimum absolute atomic E-state index is 0.0399. The number of hydrogen-bond acceptors (Lipinski definition) is 9. The summed E-state index contributed by atoms with van der Waals surface area (Å²) in [5.74, 6) is -8.12. The van der Waals surface area contributed by atoms with E-state index in [1.54, 1.807) is 18.2 Å². The van der Waals surface area contributed by atoms with Gasteiger partial charge in [0.25, 0.3) is 11.8 Å². The first-order valence-electron chi connectivity index (χ1n) is 16.5. The Kier molecular flexibility index (Phi) is 14.5. The lowest BCUT2D eigenvalue weighted by molar-refractivity contribution is 0.0268. The smallest absolute Gasteiger partial charge is 0.277 e. The molecule has 4 N–H and O–H groups in total. The van der Waals surface area contributed by atoms with Gasteiger partial charge < -0.3 is 10.6 Å². The number of hydroxylamine groups is 2. The van der Waals surface area contributed by atoms with Gasteiger partial charge in [-0.25, -0.2) is 41.3 Å². The number of carbonyl (C=O) groups excluding carboxylic acids is 2. The van der Waals surface area contributed by atoms with Gasteiger partial charge in [0.05, 0.1) is 66.5 Å². The van der Waals surface area contributed by atoms with Crippen molar-refractivity contribution >= 4 is 95.3 Å². The molecular weight excluding hydrogens is 894 g/mol. The quantitative estimate of drug-likeness (QED) is 0.0422. The van der Waals surface area contributed by atoms with Crippen molar-refractivity contribution < 1.29 is 49.6 Å². The molecule has 0 aliphatic heterocycles. The van der Waals surface area contributed by atoms with Gasteiger partial charge >= 0.3 is 0 Å². The molecule has 4 aromatic rings. The van der Waals surface area contributed by atoms with E-state index < -0.39 is 67.7 Å². The normalized spacial score (nSPS) is 13.8. The second-order valence-corrected chi connectivity index (χ2v) is 17.3. The molecule has 10 nitrogen and oxygen atoms in total. The molecule has 0 aromatic heterocycles. The van der Waals surface area contributed by atoms with Gasteiger partial charge in [-0.15, -0.1) is 11.8 Å². The molecule has 0 spiro atoms. The fourth-order valence-corrected chi connectivity index (χ4v) is 6.82. The van der Waals surface area contributed by atoms with Crippen molar-refractivity contribution in [2.45, 2.75) is 35.5 Å². The second kappa shape index (κ2) is 18.7. The van der Waals surface area contributed by atoms with E-state index in [0.29, 0.717) is 31.1 Å². The molecule has 4 aromatic carbocycles. The predicted molar refractivity (Wildman–Crippen MR) is 207 cm³/mol. The maximum Gasteiger partial charge on any atom is 0.277 e. The zero-order chi connectivity index (χ0) is 40.9. The van der Waals surface area contributed by atoms with Gasteiger partial charge in [0.15, 0.2) is 38.9 Å². The van der Waals surface area contributed by atoms with Crippen LogP contribution in [0.1, 0.15) is 46.4 Å². The fraction of sp³-hybridized carbons (Fsp3) is 0.278. The molecule has 0 radical (unpaired) electrons. The molecule has 0 atom stereocenters. The Bertz CT molecular complexity index is 2270. The van der Waals surface area contributed by atoms with Crippen LogP contribution >= 0.6 is 50.9 Å². The van der Waals surface area contributed by atoms with Gasteiger partial charge in [-0.2, -0.15) is 0 Å². The number of halogens is 8. The fourth-order valence-electron chi connectivity index (χ4n) is 4.74. The van der Waals surface area contributed by atoms with E-state index in [-0.39, 0.29) is 36.4 Å². The van der Waals surface area contributed by atoms with Crippen LogP contribution in [0.25, 0.3) is 0 Å². The van der Waals surface area contributed by atoms with E-state index in [2.05, 4.69) is 37.5 Å². The number of hydrogen-bond donors (Lipinski definition) is 4. The summed E-state index contributed by atoms with van der Waals surface area (Å²) in [6.07, 6.45) is 6.92. The highest BCUT2D eigenvalue weighted by atomic mass is 79.9. The number of benzene rings is 4. The van der Waals surface area contributed by atoms with E-state index in [4.69, 9.17) is 32.9 Å². The highest BCUT2D eigenvalue weighted by Gasteiger charge is 2.27. The SMILES string of the molecule is CS(=O)(=O)c1ccc(Nc2c(C(=O)NOCC3CC3)cc(Br)c(F)c2F)c(Cl)c1.CSc1ccc(Nc2c(C(=O)NOCC3CC3)cc(F)c(F)c2F)c(Cl)c1. The summed E-state index contributed by atoms with van der Waals surface area (Å²) >= 11 is 16.6. The van der Waals surface area contributed by atoms with E-state index in [0.717, 1.165) is 42.9 Å². The molecular formula is C36H32BrCl2F5N4O6S2. The Morgan fingerprint density at radius 2 is 1.23 bits per heavy atom. The lowest BCUT2D eigenvalue weighted by Crippen LogP contribution is -2.26. The molecule has 0 heterocycles. The third-order valence-corrected chi connectivity index (χ3v) is 11.3. The van der Waals surface area contributed by atoms with Crippen LogP contribution in [0.2, 0.25) is 10.0 Å². The van der Waals surface area contributed by atoms with Crippen LogP contribution in [-0.2, 0) is 19.5 Å². The molecule has 300 valence electrons. The summed E-state index contributed by atoms with van der Waals surface area (Å²) in [6, 6.07) is 10.3. The first-order valence-corrected chi connectivity index (χ1v) is 21.2. The lowest BCUT2D eigenvalue weighted by atomic mass is 10.1. The van der Waals surface area contributed by atoms with Gasteiger partial charge in [-0.1, -0.05) is 23.2 Å². The third-order valence-electron chi connectivity index (χ3n) is 8.24. The molecule has 56 heavy (non-hydrogen) atoms. The summed E-state index contributed by atoms with van der Waals surface area (Å²) < 4.78 is 93.5. The van der Waals surface area contributed by atoms with Crippen molar-refractivity contribution in [1.29, 1.82) is 0 Å². The monoisotopic (exact) mass is 924 g/mol. The molecule has 20 heteroatoms. The molecule has 2 amide bonds. The van der Waals surface area contributed by atoms with Gasteiger partial charge in [0, 0.05) is 11.2 Å². The number of anilines is 4. The standard InChI is InChI=1S/C18H16BrClF2N2O4S.C18H16ClF3N2O2S/c1-29(26,27)10-4-5-14(13(20)6-10)23-17-11(7-12(19)15(21)16(17)22)18(25)24-28-8-9-2-3-9;1-27-10-4-5-14(12(19)6-10)23-17-11(7-13(20)15(21)16(17)22)18(25)24-26-8-9-2-3-9/h4-7,9,23H,2-3,8H2,1H3,(H,24,25);4-7,9,23H,2-3,8H2,1H3,(H,24,25). The van der Waals surface area contributed by atoms with Crippen LogP contribution in [-0.4, -0.2) is 46.0 Å². The summed E-state index contributed by atoms with van der Waals surface area (Å²) in [4.78, 5) is 35.7. The number of rotatable bonds is 14. The highest BCUT2D eigenvalue weighted by molar-refractivity contribution is 9.10. The van der Waals surface area contributed by atoms with Crippen LogP contribution in [0.15, 0.2) is 62.8 Å². The van der Waals surface area contributed by atoms with Crippen molar-refractivity contribution in [2.75, 3.05) is 36.4 Å². The molecule has 6 rings (SSSR count). The van der Waals surface area contributed by atoms with Crippen LogP contribution in [0, 0.1) is 40.9 Å². The molecule has 0 unspecified atom stereocenters. The molecule has 2 saturated carbocycles. The molecule has 0 bridgehead atoms.